The summed E-state index contributed by atoms with van der Waals surface area (Å²) in [5, 5.41) is 6.61. The van der Waals surface area contributed by atoms with E-state index < -0.39 is 0 Å². The Balaban J connectivity index is 0.00000400. The monoisotopic (exact) mass is 431 g/mol. The highest BCUT2D eigenvalue weighted by Gasteiger charge is 2.15. The SMILES string of the molecule is CCNC(=NCCCSC)NCCCOC1CCOC1.I. The van der Waals surface area contributed by atoms with E-state index in [1.165, 1.54) is 5.75 Å². The van der Waals surface area contributed by atoms with Crippen LogP contribution in [-0.2, 0) is 9.47 Å². The number of nitrogens with one attached hydrogen (secondary N) is 2. The molecule has 126 valence electrons. The van der Waals surface area contributed by atoms with Crippen molar-refractivity contribution in [3.05, 3.63) is 0 Å². The minimum absolute atomic E-state index is 0. The number of guanidine groups is 1. The zero-order valence-corrected chi connectivity index (χ0v) is 16.4. The molecule has 1 atom stereocenters. The van der Waals surface area contributed by atoms with Crippen LogP contribution < -0.4 is 10.6 Å². The number of nitrogens with zero attached hydrogens (tertiary/aromatic N) is 1. The largest absolute Gasteiger partial charge is 0.379 e. The number of halogens is 1. The molecule has 0 aromatic heterocycles. The third kappa shape index (κ3) is 11.5. The predicted molar refractivity (Wildman–Crippen MR) is 102 cm³/mol. The van der Waals surface area contributed by atoms with Crippen LogP contribution in [-0.4, -0.2) is 63.5 Å². The molecule has 1 fully saturated rings. The predicted octanol–water partition coefficient (Wildman–Crippen LogP) is 2.11. The van der Waals surface area contributed by atoms with Crippen molar-refractivity contribution < 1.29 is 9.47 Å². The van der Waals surface area contributed by atoms with Crippen molar-refractivity contribution >= 4 is 41.7 Å². The Morgan fingerprint density at radius 2 is 2.24 bits per heavy atom. The molecular weight excluding hydrogens is 401 g/mol. The van der Waals surface area contributed by atoms with Crippen LogP contribution in [0.3, 0.4) is 0 Å². The average molecular weight is 431 g/mol. The van der Waals surface area contributed by atoms with E-state index in [2.05, 4.69) is 28.8 Å². The van der Waals surface area contributed by atoms with Crippen LogP contribution in [0, 0.1) is 0 Å². The van der Waals surface area contributed by atoms with Gasteiger partial charge in [-0.3, -0.25) is 4.99 Å². The molecule has 1 saturated heterocycles. The van der Waals surface area contributed by atoms with Crippen molar-refractivity contribution in [2.45, 2.75) is 32.3 Å². The highest BCUT2D eigenvalue weighted by atomic mass is 127. The Hall–Kier alpha value is 0.270. The molecule has 0 spiro atoms. The second kappa shape index (κ2) is 15.2. The Kier molecular flexibility index (Phi) is 15.4. The quantitative estimate of drug-likeness (QED) is 0.240. The van der Waals surface area contributed by atoms with Gasteiger partial charge in [-0.25, -0.2) is 0 Å². The van der Waals surface area contributed by atoms with Crippen molar-refractivity contribution in [2.24, 2.45) is 4.99 Å². The highest BCUT2D eigenvalue weighted by molar-refractivity contribution is 14.0. The zero-order valence-electron chi connectivity index (χ0n) is 13.2. The van der Waals surface area contributed by atoms with Gasteiger partial charge in [0.2, 0.25) is 0 Å². The van der Waals surface area contributed by atoms with Gasteiger partial charge >= 0.3 is 0 Å². The first kappa shape index (κ1) is 21.3. The van der Waals surface area contributed by atoms with Crippen molar-refractivity contribution in [1.82, 2.24) is 10.6 Å². The van der Waals surface area contributed by atoms with Gasteiger partial charge in [0.15, 0.2) is 5.96 Å². The molecule has 0 aromatic rings. The molecule has 1 unspecified atom stereocenters. The van der Waals surface area contributed by atoms with Crippen molar-refractivity contribution in [3.8, 4) is 0 Å². The minimum atomic E-state index is 0. The maximum absolute atomic E-state index is 5.73. The van der Waals surface area contributed by atoms with Crippen LogP contribution >= 0.6 is 35.7 Å². The molecule has 0 bridgehead atoms. The van der Waals surface area contributed by atoms with Gasteiger partial charge in [-0.05, 0) is 38.2 Å². The van der Waals surface area contributed by atoms with Gasteiger partial charge in [-0.15, -0.1) is 24.0 Å². The summed E-state index contributed by atoms with van der Waals surface area (Å²) in [6.45, 7) is 7.14. The van der Waals surface area contributed by atoms with E-state index in [-0.39, 0.29) is 24.0 Å². The van der Waals surface area contributed by atoms with E-state index in [1.807, 2.05) is 11.8 Å². The molecule has 1 heterocycles. The number of aliphatic imine (C=N–C) groups is 1. The Bertz CT molecular complexity index is 265. The van der Waals surface area contributed by atoms with Crippen LogP contribution in [0.2, 0.25) is 0 Å². The molecule has 0 radical (unpaired) electrons. The smallest absolute Gasteiger partial charge is 0.191 e. The first-order chi connectivity index (χ1) is 9.86. The van der Waals surface area contributed by atoms with Gasteiger partial charge in [0.05, 0.1) is 12.7 Å². The maximum atomic E-state index is 5.73. The maximum Gasteiger partial charge on any atom is 0.191 e. The highest BCUT2D eigenvalue weighted by Crippen LogP contribution is 2.07. The lowest BCUT2D eigenvalue weighted by atomic mass is 10.3. The van der Waals surface area contributed by atoms with Crippen molar-refractivity contribution in [3.63, 3.8) is 0 Å². The Morgan fingerprint density at radius 3 is 2.90 bits per heavy atom. The van der Waals surface area contributed by atoms with Crippen LogP contribution in [0.15, 0.2) is 4.99 Å². The van der Waals surface area contributed by atoms with Gasteiger partial charge in [0.25, 0.3) is 0 Å². The average Bonchev–Trinajstić information content (AvgIpc) is 2.96. The van der Waals surface area contributed by atoms with Gasteiger partial charge in [-0.2, -0.15) is 11.8 Å². The summed E-state index contributed by atoms with van der Waals surface area (Å²) in [7, 11) is 0. The molecule has 21 heavy (non-hydrogen) atoms. The summed E-state index contributed by atoms with van der Waals surface area (Å²) in [6.07, 6.45) is 5.59. The van der Waals surface area contributed by atoms with Crippen LogP contribution in [0.1, 0.15) is 26.2 Å². The third-order valence-corrected chi connectivity index (χ3v) is 3.67. The molecule has 0 amide bonds. The fraction of sp³-hybridized carbons (Fsp3) is 0.929. The number of ether oxygens (including phenoxy) is 2. The number of thioether (sulfide) groups is 1. The van der Waals surface area contributed by atoms with E-state index in [9.17, 15) is 0 Å². The second-order valence-corrected chi connectivity index (χ2v) is 5.73. The number of hydrogen-bond acceptors (Lipinski definition) is 4. The normalized spacial score (nSPS) is 18.4. The standard InChI is InChI=1S/C14H29N3O2S.HI/c1-3-15-14(17-8-5-11-20-2)16-7-4-9-19-13-6-10-18-12-13;/h13H,3-12H2,1-2H3,(H2,15,16,17);1H. The van der Waals surface area contributed by atoms with E-state index in [0.29, 0.717) is 6.10 Å². The molecule has 5 nitrogen and oxygen atoms in total. The van der Waals surface area contributed by atoms with E-state index in [1.54, 1.807) is 0 Å². The molecular formula is C14H30IN3O2S. The minimum Gasteiger partial charge on any atom is -0.379 e. The van der Waals surface area contributed by atoms with Crippen LogP contribution in [0.25, 0.3) is 0 Å². The van der Waals surface area contributed by atoms with Crippen LogP contribution in [0.5, 0.6) is 0 Å². The fourth-order valence-corrected chi connectivity index (χ4v) is 2.33. The molecule has 0 aliphatic carbocycles. The number of hydrogen-bond donors (Lipinski definition) is 2. The summed E-state index contributed by atoms with van der Waals surface area (Å²) in [6, 6.07) is 0. The molecule has 1 aliphatic heterocycles. The van der Waals surface area contributed by atoms with Gasteiger partial charge < -0.3 is 20.1 Å². The van der Waals surface area contributed by atoms with E-state index in [4.69, 9.17) is 9.47 Å². The summed E-state index contributed by atoms with van der Waals surface area (Å²) < 4.78 is 11.0. The Morgan fingerprint density at radius 1 is 1.38 bits per heavy atom. The van der Waals surface area contributed by atoms with Gasteiger partial charge in [-0.1, -0.05) is 0 Å². The molecule has 1 aliphatic rings. The third-order valence-electron chi connectivity index (χ3n) is 2.98. The molecule has 7 heteroatoms. The Labute approximate surface area is 150 Å². The van der Waals surface area contributed by atoms with Crippen LogP contribution in [0.4, 0.5) is 0 Å². The lowest BCUT2D eigenvalue weighted by molar-refractivity contribution is 0.0420. The van der Waals surface area contributed by atoms with Gasteiger partial charge in [0.1, 0.15) is 0 Å². The summed E-state index contributed by atoms with van der Waals surface area (Å²) in [4.78, 5) is 4.55. The summed E-state index contributed by atoms with van der Waals surface area (Å²) in [5.41, 5.74) is 0. The molecule has 0 aromatic carbocycles. The molecule has 2 N–H and O–H groups in total. The lowest BCUT2D eigenvalue weighted by Crippen LogP contribution is -2.38. The zero-order chi connectivity index (χ0) is 14.5. The van der Waals surface area contributed by atoms with Gasteiger partial charge in [0, 0.05) is 32.8 Å². The van der Waals surface area contributed by atoms with Crippen molar-refractivity contribution in [2.75, 3.05) is 51.5 Å². The summed E-state index contributed by atoms with van der Waals surface area (Å²) >= 11 is 1.87. The van der Waals surface area contributed by atoms with Crippen molar-refractivity contribution in [1.29, 1.82) is 0 Å². The first-order valence-electron chi connectivity index (χ1n) is 7.57. The van der Waals surface area contributed by atoms with E-state index >= 15 is 0 Å². The second-order valence-electron chi connectivity index (χ2n) is 4.74. The summed E-state index contributed by atoms with van der Waals surface area (Å²) in [5.74, 6) is 2.08. The molecule has 0 saturated carbocycles. The number of rotatable bonds is 10. The topological polar surface area (TPSA) is 54.9 Å². The first-order valence-corrected chi connectivity index (χ1v) is 8.96. The van der Waals surface area contributed by atoms with E-state index in [0.717, 1.165) is 64.7 Å². The fourth-order valence-electron chi connectivity index (χ4n) is 1.91. The lowest BCUT2D eigenvalue weighted by Gasteiger charge is -2.12. The molecule has 1 rings (SSSR count).